The monoisotopic (exact) mass is 210 g/mol. The Kier molecular flexibility index (Phi) is 46.8. The quantitative estimate of drug-likeness (QED) is 0.397. The van der Waals surface area contributed by atoms with Gasteiger partial charge in [0.25, 0.3) is 0 Å². The van der Waals surface area contributed by atoms with Gasteiger partial charge in [-0.25, -0.2) is 9.59 Å². The highest BCUT2D eigenvalue weighted by molar-refractivity contribution is 7.59. The van der Waals surface area contributed by atoms with Crippen LogP contribution in [0.2, 0.25) is 0 Å². The van der Waals surface area contributed by atoms with E-state index in [0.717, 1.165) is 0 Å². The van der Waals surface area contributed by atoms with Gasteiger partial charge in [-0.3, -0.25) is 4.66 Å². The molecule has 0 aliphatic rings. The second-order valence-electron chi connectivity index (χ2n) is 0.565. The second kappa shape index (κ2) is 22.9. The topological polar surface area (TPSA) is 135 Å². The lowest BCUT2D eigenvalue weighted by atomic mass is 11.5. The van der Waals surface area contributed by atoms with Gasteiger partial charge in [0, 0.05) is 0 Å². The molecule has 0 aliphatic carbocycles. The van der Waals surface area contributed by atoms with Crippen molar-refractivity contribution in [2.75, 3.05) is 0 Å². The maximum absolute atomic E-state index is 8.56. The molecule has 70 valence electrons. The third-order valence-corrected chi connectivity index (χ3v) is 0. The number of hydrogen-bond donors (Lipinski definition) is 5. The summed E-state index contributed by atoms with van der Waals surface area (Å²) in [5.74, 6) is 0. The molecule has 0 unspecified atom stereocenters. The highest BCUT2D eigenvalue weighted by Crippen LogP contribution is 1.43. The Morgan fingerprint density at radius 2 is 0.818 bits per heavy atom. The Morgan fingerprint density at radius 1 is 0.818 bits per heavy atom. The molecule has 5 N–H and O–H groups in total. The first-order valence-electron chi connectivity index (χ1n) is 1.47. The normalized spacial score (nSPS) is 4.91. The smallest absolute Gasteiger partial charge is 0.450 e. The van der Waals surface area contributed by atoms with Gasteiger partial charge in [0.2, 0.25) is 0 Å². The van der Waals surface area contributed by atoms with Crippen LogP contribution in [-0.2, 0) is 0 Å². The molecular formula is C2H7ClO7S. The van der Waals surface area contributed by atoms with Crippen LogP contribution in [0, 0.1) is 0 Å². The van der Waals surface area contributed by atoms with Crippen LogP contribution in [0.1, 0.15) is 0 Å². The lowest BCUT2D eigenvalue weighted by Gasteiger charge is -1.60. The van der Waals surface area contributed by atoms with Crippen molar-refractivity contribution in [2.45, 2.75) is 0 Å². The van der Waals surface area contributed by atoms with E-state index in [-0.39, 0.29) is 13.5 Å². The summed E-state index contributed by atoms with van der Waals surface area (Å²) in [6, 6.07) is 0. The predicted molar refractivity (Wildman–Crippen MR) is 39.8 cm³/mol. The lowest BCUT2D eigenvalue weighted by molar-refractivity contribution is 0.135. The maximum atomic E-state index is 8.56. The van der Waals surface area contributed by atoms with Crippen LogP contribution >= 0.6 is 25.4 Å². The number of rotatable bonds is 0. The first kappa shape index (κ1) is 22.5. The SMILES string of the molecule is O=C(O)O.O=C(O)O.OCl.S. The molecule has 7 nitrogen and oxygen atoms in total. The largest absolute Gasteiger partial charge is 0.503 e. The van der Waals surface area contributed by atoms with E-state index in [2.05, 4.69) is 11.9 Å². The Balaban J connectivity index is -0.0000000339. The van der Waals surface area contributed by atoms with E-state index in [1.54, 1.807) is 0 Å². The fourth-order valence-electron chi connectivity index (χ4n) is 0. The molecule has 0 saturated heterocycles. The molecule has 9 heteroatoms. The molecule has 0 saturated carbocycles. The maximum Gasteiger partial charge on any atom is 0.503 e. The van der Waals surface area contributed by atoms with E-state index in [4.69, 9.17) is 34.7 Å². The van der Waals surface area contributed by atoms with Gasteiger partial charge < -0.3 is 20.4 Å². The minimum absolute atomic E-state index is 0. The zero-order chi connectivity index (χ0) is 9.15. The van der Waals surface area contributed by atoms with Gasteiger partial charge in [-0.1, -0.05) is 0 Å². The fraction of sp³-hybridized carbons (Fsp3) is 0. The van der Waals surface area contributed by atoms with Gasteiger partial charge in [0.1, 0.15) is 0 Å². The Bertz CT molecular complexity index is 74.4. The number of carbonyl (C=O) groups is 2. The molecule has 0 aromatic rings. The lowest BCUT2D eigenvalue weighted by Crippen LogP contribution is -1.81. The van der Waals surface area contributed by atoms with Crippen LogP contribution in [0.25, 0.3) is 0 Å². The molecular weight excluding hydrogens is 204 g/mol. The summed E-state index contributed by atoms with van der Waals surface area (Å²) in [4.78, 5) is 17.1. The zero-order valence-electron chi connectivity index (χ0n) is 4.93. The molecule has 0 amide bonds. The zero-order valence-corrected chi connectivity index (χ0v) is 6.69. The van der Waals surface area contributed by atoms with Crippen LogP contribution in [0.4, 0.5) is 9.59 Å². The summed E-state index contributed by atoms with van der Waals surface area (Å²) in [6.45, 7) is 0. The highest BCUT2D eigenvalue weighted by atomic mass is 35.5. The fourth-order valence-corrected chi connectivity index (χ4v) is 0. The van der Waals surface area contributed by atoms with Crippen LogP contribution in [0.3, 0.4) is 0 Å². The highest BCUT2D eigenvalue weighted by Gasteiger charge is 1.70. The van der Waals surface area contributed by atoms with Gasteiger partial charge in [-0.2, -0.15) is 13.5 Å². The van der Waals surface area contributed by atoms with Crippen LogP contribution in [-0.4, -0.2) is 37.4 Å². The molecule has 11 heavy (non-hydrogen) atoms. The van der Waals surface area contributed by atoms with Gasteiger partial charge in [-0.15, -0.1) is 0 Å². The molecule has 0 aromatic carbocycles. The molecule has 0 spiro atoms. The van der Waals surface area contributed by atoms with Crippen molar-refractivity contribution < 1.29 is 34.7 Å². The average Bonchev–Trinajstić information content (AvgIpc) is 1.66. The molecule has 0 radical (unpaired) electrons. The summed E-state index contributed by atoms with van der Waals surface area (Å²) < 4.78 is 6.47. The second-order valence-corrected chi connectivity index (χ2v) is 0.565. The molecule has 0 aliphatic heterocycles. The van der Waals surface area contributed by atoms with Crippen LogP contribution < -0.4 is 0 Å². The summed E-state index contributed by atoms with van der Waals surface area (Å²) in [7, 11) is 0. The number of hydrogen-bond acceptors (Lipinski definition) is 3. The molecule has 0 heterocycles. The van der Waals surface area contributed by atoms with E-state index in [1.165, 1.54) is 0 Å². The van der Waals surface area contributed by atoms with Gasteiger partial charge in [0.15, 0.2) is 0 Å². The van der Waals surface area contributed by atoms with E-state index < -0.39 is 12.3 Å². The van der Waals surface area contributed by atoms with Crippen LogP contribution in [0.5, 0.6) is 0 Å². The van der Waals surface area contributed by atoms with Crippen molar-refractivity contribution in [1.29, 1.82) is 0 Å². The van der Waals surface area contributed by atoms with Gasteiger partial charge >= 0.3 is 12.3 Å². The third-order valence-electron chi connectivity index (χ3n) is 0. The van der Waals surface area contributed by atoms with Gasteiger partial charge in [-0.05, 0) is 0 Å². The van der Waals surface area contributed by atoms with E-state index in [9.17, 15) is 0 Å². The first-order valence-corrected chi connectivity index (χ1v) is 1.81. The van der Waals surface area contributed by atoms with Crippen molar-refractivity contribution in [3.05, 3.63) is 0 Å². The Hall–Kier alpha value is -0.860. The summed E-state index contributed by atoms with van der Waals surface area (Å²) in [5, 5.41) is 27.9. The van der Waals surface area contributed by atoms with Crippen molar-refractivity contribution in [1.82, 2.24) is 0 Å². The van der Waals surface area contributed by atoms with E-state index >= 15 is 0 Å². The van der Waals surface area contributed by atoms with E-state index in [0.29, 0.717) is 0 Å². The molecule has 0 atom stereocenters. The van der Waals surface area contributed by atoms with Crippen molar-refractivity contribution in [3.8, 4) is 0 Å². The summed E-state index contributed by atoms with van der Waals surface area (Å²) >= 11 is 3.64. The van der Waals surface area contributed by atoms with Crippen molar-refractivity contribution in [2.24, 2.45) is 0 Å². The molecule has 0 aromatic heterocycles. The predicted octanol–water partition coefficient (Wildman–Crippen LogP) is 0.690. The average molecular weight is 211 g/mol. The number of carboxylic acid groups (broad SMARTS) is 4. The molecule has 0 fully saturated rings. The minimum Gasteiger partial charge on any atom is -0.450 e. The van der Waals surface area contributed by atoms with Crippen molar-refractivity contribution >= 4 is 37.7 Å². The summed E-state index contributed by atoms with van der Waals surface area (Å²) in [5.41, 5.74) is 0. The van der Waals surface area contributed by atoms with Crippen molar-refractivity contribution in [3.63, 3.8) is 0 Å². The molecule has 0 rings (SSSR count). The minimum atomic E-state index is -1.83. The van der Waals surface area contributed by atoms with Crippen LogP contribution in [0.15, 0.2) is 0 Å². The molecule has 0 bridgehead atoms. The Morgan fingerprint density at radius 3 is 0.818 bits per heavy atom. The van der Waals surface area contributed by atoms with Gasteiger partial charge in [0.05, 0.1) is 11.9 Å². The standard InChI is InChI=1S/2CH2O3.ClHO.H2S/c2*2-1(3)4;1-2;/h2*(H2,2,3,4);2H;1H2. The Labute approximate surface area is 73.1 Å². The first-order chi connectivity index (χ1) is 4.46. The summed E-state index contributed by atoms with van der Waals surface area (Å²) in [6.07, 6.45) is -3.67. The number of halogens is 1. The third kappa shape index (κ3) is 630. The van der Waals surface area contributed by atoms with E-state index in [1.807, 2.05) is 0 Å².